The van der Waals surface area contributed by atoms with Gasteiger partial charge in [0.15, 0.2) is 0 Å². The zero-order valence-corrected chi connectivity index (χ0v) is 13.0. The molecule has 0 atom stereocenters. The molecule has 0 bridgehead atoms. The molecule has 1 fully saturated rings. The molecule has 1 aliphatic heterocycles. The molecule has 0 aliphatic carbocycles. The van der Waals surface area contributed by atoms with Crippen LogP contribution in [-0.4, -0.2) is 28.9 Å². The Labute approximate surface area is 132 Å². The quantitative estimate of drug-likeness (QED) is 0.829. The number of hydrogen-bond acceptors (Lipinski definition) is 3. The molecule has 3 rings (SSSR count). The monoisotopic (exact) mass is 326 g/mol. The number of aryl methyl sites for hydroxylation is 1. The lowest BCUT2D eigenvalue weighted by atomic mass is 10.1. The number of aromatic nitrogens is 1. The van der Waals surface area contributed by atoms with E-state index in [2.05, 4.69) is 4.98 Å². The first kappa shape index (κ1) is 15.4. The fraction of sp³-hybridized carbons (Fsp3) is 0.438. The molecule has 3 nitrogen and oxygen atoms in total. The van der Waals surface area contributed by atoms with Crippen molar-refractivity contribution in [2.24, 2.45) is 0 Å². The van der Waals surface area contributed by atoms with E-state index in [1.807, 2.05) is 30.0 Å². The van der Waals surface area contributed by atoms with E-state index < -0.39 is 5.92 Å². The predicted octanol–water partition coefficient (Wildman–Crippen LogP) is 4.53. The summed E-state index contributed by atoms with van der Waals surface area (Å²) in [5.41, 5.74) is 1.52. The van der Waals surface area contributed by atoms with Gasteiger partial charge in [-0.1, -0.05) is 23.7 Å². The summed E-state index contributed by atoms with van der Waals surface area (Å²) in [5, 5.41) is 0.577. The van der Waals surface area contributed by atoms with Crippen molar-refractivity contribution in [1.82, 2.24) is 9.88 Å². The lowest BCUT2D eigenvalue weighted by molar-refractivity contribution is -0.0568. The van der Waals surface area contributed by atoms with Gasteiger partial charge in [-0.3, -0.25) is 4.90 Å². The summed E-state index contributed by atoms with van der Waals surface area (Å²) >= 11 is 6.15. The molecular weight excluding hydrogens is 310 g/mol. The molecule has 22 heavy (non-hydrogen) atoms. The topological polar surface area (TPSA) is 29.3 Å². The summed E-state index contributed by atoms with van der Waals surface area (Å²) in [6.45, 7) is 3.11. The Morgan fingerprint density at radius 2 is 1.95 bits per heavy atom. The number of rotatable bonds is 3. The first-order valence-electron chi connectivity index (χ1n) is 7.26. The molecule has 0 saturated carbocycles. The van der Waals surface area contributed by atoms with E-state index in [-0.39, 0.29) is 12.8 Å². The Morgan fingerprint density at radius 3 is 2.64 bits per heavy atom. The third-order valence-electron chi connectivity index (χ3n) is 3.96. The highest BCUT2D eigenvalue weighted by molar-refractivity contribution is 6.33. The van der Waals surface area contributed by atoms with Crippen molar-refractivity contribution >= 4 is 11.6 Å². The molecular formula is C16H17ClF2N2O. The Bertz CT molecular complexity index is 662. The summed E-state index contributed by atoms with van der Waals surface area (Å²) in [5.74, 6) is -1.36. The molecule has 0 N–H and O–H groups in total. The van der Waals surface area contributed by atoms with Crippen molar-refractivity contribution < 1.29 is 13.2 Å². The van der Waals surface area contributed by atoms with E-state index in [1.54, 1.807) is 6.07 Å². The van der Waals surface area contributed by atoms with E-state index >= 15 is 0 Å². The van der Waals surface area contributed by atoms with Gasteiger partial charge in [-0.2, -0.15) is 0 Å². The first-order valence-corrected chi connectivity index (χ1v) is 7.64. The highest BCUT2D eigenvalue weighted by Crippen LogP contribution is 2.31. The maximum atomic E-state index is 13.2. The number of nitrogens with zero attached hydrogens (tertiary/aromatic N) is 2. The van der Waals surface area contributed by atoms with Crippen LogP contribution in [0.2, 0.25) is 5.02 Å². The molecule has 118 valence electrons. The second-order valence-corrected chi connectivity index (χ2v) is 6.04. The third kappa shape index (κ3) is 3.31. The van der Waals surface area contributed by atoms with Crippen LogP contribution in [0, 0.1) is 6.92 Å². The van der Waals surface area contributed by atoms with Crippen LogP contribution in [0.1, 0.15) is 24.3 Å². The number of halogens is 3. The minimum absolute atomic E-state index is 0.0960. The van der Waals surface area contributed by atoms with Gasteiger partial charge in [-0.15, -0.1) is 0 Å². The van der Waals surface area contributed by atoms with Crippen LogP contribution in [0.3, 0.4) is 0 Å². The highest BCUT2D eigenvalue weighted by atomic mass is 35.5. The van der Waals surface area contributed by atoms with Crippen molar-refractivity contribution in [2.45, 2.75) is 32.2 Å². The van der Waals surface area contributed by atoms with Gasteiger partial charge in [-0.25, -0.2) is 13.8 Å². The van der Waals surface area contributed by atoms with Crippen molar-refractivity contribution in [3.05, 3.63) is 40.7 Å². The Balaban J connectivity index is 1.75. The summed E-state index contributed by atoms with van der Waals surface area (Å²) in [6.07, 6.45) is -0.192. The standard InChI is InChI=1S/C16H17ClF2N2O/c1-11-14(10-21-8-6-16(18,19)7-9-21)20-15(22-11)12-4-2-3-5-13(12)17/h2-5H,6-10H2,1H3. The highest BCUT2D eigenvalue weighted by Gasteiger charge is 2.34. The molecule has 0 amide bonds. The Morgan fingerprint density at radius 1 is 1.27 bits per heavy atom. The molecule has 0 spiro atoms. The van der Waals surface area contributed by atoms with Crippen LogP contribution < -0.4 is 0 Å². The van der Waals surface area contributed by atoms with Crippen molar-refractivity contribution in [2.75, 3.05) is 13.1 Å². The van der Waals surface area contributed by atoms with E-state index in [9.17, 15) is 8.78 Å². The molecule has 0 unspecified atom stereocenters. The molecule has 0 radical (unpaired) electrons. The van der Waals surface area contributed by atoms with Crippen molar-refractivity contribution in [3.8, 4) is 11.5 Å². The van der Waals surface area contributed by atoms with Crippen molar-refractivity contribution in [1.29, 1.82) is 0 Å². The van der Waals surface area contributed by atoms with E-state index in [0.29, 0.717) is 36.3 Å². The molecule has 6 heteroatoms. The van der Waals surface area contributed by atoms with E-state index in [4.69, 9.17) is 16.0 Å². The molecule has 1 aromatic carbocycles. The number of benzene rings is 1. The fourth-order valence-corrected chi connectivity index (χ4v) is 2.79. The Hall–Kier alpha value is -1.46. The number of likely N-dealkylation sites (tertiary alicyclic amines) is 1. The SMILES string of the molecule is Cc1oc(-c2ccccc2Cl)nc1CN1CCC(F)(F)CC1. The Kier molecular flexibility index (Phi) is 4.19. The van der Waals surface area contributed by atoms with Crippen LogP contribution in [0.15, 0.2) is 28.7 Å². The molecule has 1 aromatic heterocycles. The lowest BCUT2D eigenvalue weighted by Crippen LogP contribution is -2.39. The molecule has 1 saturated heterocycles. The summed E-state index contributed by atoms with van der Waals surface area (Å²) in [7, 11) is 0. The van der Waals surface area contributed by atoms with Gasteiger partial charge < -0.3 is 4.42 Å². The second-order valence-electron chi connectivity index (χ2n) is 5.63. The predicted molar refractivity (Wildman–Crippen MR) is 81.1 cm³/mol. The lowest BCUT2D eigenvalue weighted by Gasteiger charge is -2.31. The van der Waals surface area contributed by atoms with E-state index in [1.165, 1.54) is 0 Å². The number of oxazole rings is 1. The van der Waals surface area contributed by atoms with Crippen LogP contribution in [0.25, 0.3) is 11.5 Å². The number of piperidine rings is 1. The van der Waals surface area contributed by atoms with Crippen LogP contribution in [0.4, 0.5) is 8.78 Å². The maximum absolute atomic E-state index is 13.2. The van der Waals surface area contributed by atoms with E-state index in [0.717, 1.165) is 11.3 Å². The van der Waals surface area contributed by atoms with Gasteiger partial charge in [-0.05, 0) is 19.1 Å². The van der Waals surface area contributed by atoms with Crippen molar-refractivity contribution in [3.63, 3.8) is 0 Å². The third-order valence-corrected chi connectivity index (χ3v) is 4.29. The first-order chi connectivity index (χ1) is 10.4. The van der Waals surface area contributed by atoms with Gasteiger partial charge in [0.1, 0.15) is 5.76 Å². The van der Waals surface area contributed by atoms with Crippen LogP contribution >= 0.6 is 11.6 Å². The second kappa shape index (κ2) is 5.97. The minimum Gasteiger partial charge on any atom is -0.441 e. The normalized spacial score (nSPS) is 18.5. The van der Waals surface area contributed by atoms with Crippen LogP contribution in [-0.2, 0) is 6.54 Å². The number of hydrogen-bond donors (Lipinski definition) is 0. The van der Waals surface area contributed by atoms with Gasteiger partial charge in [0.05, 0.1) is 16.3 Å². The minimum atomic E-state index is -2.53. The molecule has 2 aromatic rings. The molecule has 1 aliphatic rings. The van der Waals surface area contributed by atoms with Crippen LogP contribution in [0.5, 0.6) is 0 Å². The average Bonchev–Trinajstić information content (AvgIpc) is 2.83. The van der Waals surface area contributed by atoms with Gasteiger partial charge in [0.25, 0.3) is 5.92 Å². The summed E-state index contributed by atoms with van der Waals surface area (Å²) in [6, 6.07) is 7.34. The van der Waals surface area contributed by atoms with Gasteiger partial charge in [0, 0.05) is 32.5 Å². The summed E-state index contributed by atoms with van der Waals surface area (Å²) < 4.78 is 32.1. The smallest absolute Gasteiger partial charge is 0.250 e. The maximum Gasteiger partial charge on any atom is 0.250 e. The molecule has 2 heterocycles. The van der Waals surface area contributed by atoms with Gasteiger partial charge >= 0.3 is 0 Å². The fourth-order valence-electron chi connectivity index (χ4n) is 2.57. The number of alkyl halides is 2. The average molecular weight is 327 g/mol. The summed E-state index contributed by atoms with van der Waals surface area (Å²) in [4.78, 5) is 6.48. The largest absolute Gasteiger partial charge is 0.441 e. The van der Waals surface area contributed by atoms with Gasteiger partial charge in [0.2, 0.25) is 5.89 Å². The zero-order valence-electron chi connectivity index (χ0n) is 12.3. The zero-order chi connectivity index (χ0) is 15.7.